The summed E-state index contributed by atoms with van der Waals surface area (Å²) in [6, 6.07) is 23.3. The van der Waals surface area contributed by atoms with Crippen molar-refractivity contribution < 1.29 is 33.7 Å². The third-order valence-corrected chi connectivity index (χ3v) is 11.3. The SMILES string of the molecule is CCCCCCCCN(CCCCCCCC)C[C@@H]1O[C@H](c2ccc(N3C(=O)CC(NC(=O)OCc4ccccc4)C3=O)cc2)O[C@H](c2ccc(CO)cc2)[C@@H]1C. The summed E-state index contributed by atoms with van der Waals surface area (Å²) in [4.78, 5) is 42.7. The van der Waals surface area contributed by atoms with Gasteiger partial charge in [-0.1, -0.05) is 152 Å². The Bertz CT molecular complexity index is 1640. The van der Waals surface area contributed by atoms with Crippen LogP contribution in [0.15, 0.2) is 78.9 Å². The Balaban J connectivity index is 1.27. The number of hydrogen-bond acceptors (Lipinski definition) is 8. The van der Waals surface area contributed by atoms with E-state index in [1.54, 1.807) is 12.1 Å². The average Bonchev–Trinajstić information content (AvgIpc) is 3.51. The highest BCUT2D eigenvalue weighted by Crippen LogP contribution is 2.42. The van der Waals surface area contributed by atoms with E-state index in [1.807, 2.05) is 66.7 Å². The van der Waals surface area contributed by atoms with E-state index < -0.39 is 30.2 Å². The quantitative estimate of drug-likeness (QED) is 0.0722. The van der Waals surface area contributed by atoms with Gasteiger partial charge in [0.2, 0.25) is 5.91 Å². The van der Waals surface area contributed by atoms with E-state index in [0.717, 1.165) is 46.8 Å². The molecular formula is C47H65N3O7. The molecule has 1 unspecified atom stereocenters. The fraction of sp³-hybridized carbons (Fsp3) is 0.553. The highest BCUT2D eigenvalue weighted by atomic mass is 16.7. The number of alkyl carbamates (subject to hydrolysis) is 1. The normalized spacial score (nSPS) is 21.0. The van der Waals surface area contributed by atoms with Crippen molar-refractivity contribution in [3.05, 3.63) is 101 Å². The fourth-order valence-electron chi connectivity index (χ4n) is 7.81. The summed E-state index contributed by atoms with van der Waals surface area (Å²) in [6.45, 7) is 9.64. The Morgan fingerprint density at radius 3 is 1.98 bits per heavy atom. The van der Waals surface area contributed by atoms with Crippen molar-refractivity contribution in [3.8, 4) is 0 Å². The van der Waals surface area contributed by atoms with Gasteiger partial charge in [-0.15, -0.1) is 0 Å². The van der Waals surface area contributed by atoms with Crippen molar-refractivity contribution in [2.24, 2.45) is 5.92 Å². The Morgan fingerprint density at radius 2 is 1.37 bits per heavy atom. The summed E-state index contributed by atoms with van der Waals surface area (Å²) < 4.78 is 18.9. The van der Waals surface area contributed by atoms with Crippen molar-refractivity contribution in [2.45, 2.75) is 142 Å². The molecule has 5 rings (SSSR count). The van der Waals surface area contributed by atoms with Gasteiger partial charge in [-0.25, -0.2) is 9.69 Å². The highest BCUT2D eigenvalue weighted by molar-refractivity contribution is 6.22. The molecule has 2 saturated heterocycles. The molecule has 3 amide bonds. The first-order chi connectivity index (χ1) is 27.8. The summed E-state index contributed by atoms with van der Waals surface area (Å²) >= 11 is 0. The second kappa shape index (κ2) is 23.3. The standard InChI is InChI=1S/C47H65N3O7/c1-4-6-8-10-12-17-29-49(30-18-13-11-9-7-5-2)32-42-35(3)44(38-23-21-36(33-51)22-24-38)57-46(56-42)39-25-27-40(28-26-39)50-43(52)31-41(45(50)53)48-47(54)55-34-37-19-15-14-16-20-37/h14-16,19-28,35,41-42,44,46,51H,4-13,17-18,29-34H2,1-3H3,(H,48,54)/t35-,41?,42+,44+,46+/m1/s1. The zero-order valence-corrected chi connectivity index (χ0v) is 34.4. The van der Waals surface area contributed by atoms with Crippen LogP contribution in [-0.2, 0) is 37.0 Å². The van der Waals surface area contributed by atoms with Crippen LogP contribution in [0.1, 0.15) is 139 Å². The molecule has 10 nitrogen and oxygen atoms in total. The molecule has 2 fully saturated rings. The molecule has 2 N–H and O–H groups in total. The number of carbonyl (C=O) groups is 3. The molecule has 2 aliphatic rings. The van der Waals surface area contributed by atoms with Gasteiger partial charge in [-0.3, -0.25) is 9.59 Å². The third-order valence-electron chi connectivity index (χ3n) is 11.3. The summed E-state index contributed by atoms with van der Waals surface area (Å²) in [5.41, 5.74) is 3.89. The number of nitrogens with zero attached hydrogens (tertiary/aromatic N) is 2. The van der Waals surface area contributed by atoms with Crippen LogP contribution in [-0.4, -0.2) is 59.7 Å². The number of hydrogen-bond donors (Lipinski definition) is 2. The lowest BCUT2D eigenvalue weighted by molar-refractivity contribution is -0.276. The number of aliphatic hydroxyl groups is 1. The van der Waals surface area contributed by atoms with Crippen molar-refractivity contribution in [1.82, 2.24) is 10.2 Å². The summed E-state index contributed by atoms with van der Waals surface area (Å²) in [7, 11) is 0. The van der Waals surface area contributed by atoms with E-state index in [1.165, 1.54) is 77.0 Å². The fourth-order valence-corrected chi connectivity index (χ4v) is 7.81. The first-order valence-electron chi connectivity index (χ1n) is 21.5. The van der Waals surface area contributed by atoms with Crippen LogP contribution in [0.5, 0.6) is 0 Å². The summed E-state index contributed by atoms with van der Waals surface area (Å²) in [5.74, 6) is -0.853. The zero-order valence-electron chi connectivity index (χ0n) is 34.4. The van der Waals surface area contributed by atoms with Gasteiger partial charge in [-0.2, -0.15) is 0 Å². The van der Waals surface area contributed by atoms with E-state index in [-0.39, 0.29) is 37.8 Å². The number of amides is 3. The first kappa shape index (κ1) is 44.0. The van der Waals surface area contributed by atoms with Crippen molar-refractivity contribution in [2.75, 3.05) is 24.5 Å². The second-order valence-electron chi connectivity index (χ2n) is 15.8. The van der Waals surface area contributed by atoms with Gasteiger partial charge in [0.25, 0.3) is 5.91 Å². The number of rotatable bonds is 23. The molecule has 3 aromatic carbocycles. The van der Waals surface area contributed by atoms with E-state index in [4.69, 9.17) is 14.2 Å². The van der Waals surface area contributed by atoms with E-state index in [0.29, 0.717) is 5.69 Å². The molecule has 57 heavy (non-hydrogen) atoms. The van der Waals surface area contributed by atoms with Crippen molar-refractivity contribution in [3.63, 3.8) is 0 Å². The lowest BCUT2D eigenvalue weighted by Gasteiger charge is -2.43. The minimum absolute atomic E-state index is 0.0227. The Hall–Kier alpha value is -4.09. The molecular weight excluding hydrogens is 719 g/mol. The number of carbonyl (C=O) groups excluding carboxylic acids is 3. The molecule has 0 saturated carbocycles. The lowest BCUT2D eigenvalue weighted by atomic mass is 9.90. The number of unbranched alkanes of at least 4 members (excludes halogenated alkanes) is 10. The van der Waals surface area contributed by atoms with E-state index in [2.05, 4.69) is 31.0 Å². The Kier molecular flexibility index (Phi) is 18.0. The number of ether oxygens (including phenoxy) is 3. The van der Waals surface area contributed by atoms with Gasteiger partial charge in [-0.05, 0) is 54.8 Å². The van der Waals surface area contributed by atoms with Gasteiger partial charge < -0.3 is 29.5 Å². The maximum absolute atomic E-state index is 13.4. The predicted molar refractivity (Wildman–Crippen MR) is 223 cm³/mol. The van der Waals surface area contributed by atoms with Gasteiger partial charge in [0.1, 0.15) is 12.6 Å². The van der Waals surface area contributed by atoms with E-state index in [9.17, 15) is 19.5 Å². The molecule has 0 aliphatic carbocycles. The van der Waals surface area contributed by atoms with Crippen LogP contribution in [0.3, 0.4) is 0 Å². The number of nitrogens with one attached hydrogen (secondary N) is 1. The Morgan fingerprint density at radius 1 is 0.772 bits per heavy atom. The number of aliphatic hydroxyl groups excluding tert-OH is 1. The molecule has 0 radical (unpaired) electrons. The van der Waals surface area contributed by atoms with Crippen molar-refractivity contribution in [1.29, 1.82) is 0 Å². The monoisotopic (exact) mass is 783 g/mol. The van der Waals surface area contributed by atoms with Gasteiger partial charge >= 0.3 is 6.09 Å². The summed E-state index contributed by atoms with van der Waals surface area (Å²) in [6.07, 6.45) is 13.1. The molecule has 0 bridgehead atoms. The highest BCUT2D eigenvalue weighted by Gasteiger charge is 2.42. The minimum Gasteiger partial charge on any atom is -0.445 e. The Labute approximate surface area is 340 Å². The van der Waals surface area contributed by atoms with Gasteiger partial charge in [0.05, 0.1) is 30.9 Å². The molecule has 10 heteroatoms. The van der Waals surface area contributed by atoms with Crippen LogP contribution < -0.4 is 10.2 Å². The van der Waals surface area contributed by atoms with Crippen molar-refractivity contribution >= 4 is 23.6 Å². The van der Waals surface area contributed by atoms with Gasteiger partial charge in [0, 0.05) is 18.0 Å². The predicted octanol–water partition coefficient (Wildman–Crippen LogP) is 9.55. The average molecular weight is 784 g/mol. The topological polar surface area (TPSA) is 118 Å². The van der Waals surface area contributed by atoms with Crippen LogP contribution in [0.25, 0.3) is 0 Å². The first-order valence-corrected chi connectivity index (χ1v) is 21.5. The third kappa shape index (κ3) is 13.2. The molecule has 310 valence electrons. The van der Waals surface area contributed by atoms with Crippen LogP contribution in [0.4, 0.5) is 10.5 Å². The van der Waals surface area contributed by atoms with Crippen LogP contribution in [0, 0.1) is 5.92 Å². The molecule has 5 atom stereocenters. The lowest BCUT2D eigenvalue weighted by Crippen LogP contribution is -2.45. The maximum atomic E-state index is 13.4. The molecule has 3 aromatic rings. The zero-order chi connectivity index (χ0) is 40.4. The molecule has 2 aliphatic heterocycles. The second-order valence-corrected chi connectivity index (χ2v) is 15.8. The van der Waals surface area contributed by atoms with Crippen LogP contribution >= 0.6 is 0 Å². The smallest absolute Gasteiger partial charge is 0.408 e. The number of anilines is 1. The number of benzene rings is 3. The van der Waals surface area contributed by atoms with Gasteiger partial charge in [0.15, 0.2) is 6.29 Å². The van der Waals surface area contributed by atoms with E-state index >= 15 is 0 Å². The largest absolute Gasteiger partial charge is 0.445 e. The maximum Gasteiger partial charge on any atom is 0.408 e. The molecule has 0 aromatic heterocycles. The summed E-state index contributed by atoms with van der Waals surface area (Å²) in [5, 5.41) is 12.3. The number of imide groups is 1. The molecule has 0 spiro atoms. The van der Waals surface area contributed by atoms with Crippen LogP contribution in [0.2, 0.25) is 0 Å². The molecule has 2 heterocycles. The minimum atomic E-state index is -1.01.